The zero-order valence-electron chi connectivity index (χ0n) is 41.1. The van der Waals surface area contributed by atoms with Crippen molar-refractivity contribution in [2.24, 2.45) is 12.5 Å². The van der Waals surface area contributed by atoms with Gasteiger partial charge in [-0.3, -0.25) is 53.7 Å². The Morgan fingerprint density at radius 2 is 1.69 bits per heavy atom. The van der Waals surface area contributed by atoms with Crippen LogP contribution in [0.5, 0.6) is 0 Å². The second-order valence-corrected chi connectivity index (χ2v) is 21.6. The van der Waals surface area contributed by atoms with Crippen molar-refractivity contribution in [2.75, 3.05) is 47.8 Å². The molecule has 372 valence electrons. The number of aliphatic hydroxyl groups excluding tert-OH is 1. The van der Waals surface area contributed by atoms with E-state index in [4.69, 9.17) is 4.98 Å². The van der Waals surface area contributed by atoms with Gasteiger partial charge in [0.1, 0.15) is 29.1 Å². The van der Waals surface area contributed by atoms with Crippen molar-refractivity contribution in [3.63, 3.8) is 0 Å². The van der Waals surface area contributed by atoms with E-state index in [1.807, 2.05) is 30.5 Å². The van der Waals surface area contributed by atoms with E-state index in [2.05, 4.69) is 55.7 Å². The summed E-state index contributed by atoms with van der Waals surface area (Å²) in [7, 11) is 1.69. The van der Waals surface area contributed by atoms with E-state index in [0.717, 1.165) is 73.6 Å². The molecule has 0 radical (unpaired) electrons. The number of nitrogens with zero attached hydrogens (tertiary/aromatic N) is 9. The molecule has 72 heavy (non-hydrogen) atoms. The highest BCUT2D eigenvalue weighted by molar-refractivity contribution is 6.24. The number of carbonyl (C=O) groups excluding carboxylic acids is 5. The molecule has 5 amide bonds. The van der Waals surface area contributed by atoms with Crippen LogP contribution < -0.4 is 26.0 Å². The highest BCUT2D eigenvalue weighted by atomic mass is 16.3. The Labute approximate surface area is 416 Å². The van der Waals surface area contributed by atoms with Crippen LogP contribution in [0.1, 0.15) is 106 Å². The fraction of sp³-hybridized carbons (Fsp3) is 0.444. The first kappa shape index (κ1) is 46.1. The number of aromatic nitrogens is 4. The number of anilines is 4. The van der Waals surface area contributed by atoms with Crippen molar-refractivity contribution in [3.05, 3.63) is 116 Å². The lowest BCUT2D eigenvalue weighted by atomic mass is 9.83. The molecule has 18 nitrogen and oxygen atoms in total. The number of rotatable bonds is 8. The third-order valence-electron chi connectivity index (χ3n) is 16.5. The number of piperazine rings is 1. The Morgan fingerprint density at radius 3 is 2.47 bits per heavy atom. The maximum absolute atomic E-state index is 14.0. The molecule has 10 heterocycles. The van der Waals surface area contributed by atoms with Gasteiger partial charge in [-0.15, -0.1) is 0 Å². The van der Waals surface area contributed by atoms with Gasteiger partial charge in [0.15, 0.2) is 0 Å². The van der Waals surface area contributed by atoms with Gasteiger partial charge in [0, 0.05) is 107 Å². The van der Waals surface area contributed by atoms with Gasteiger partial charge in [0.2, 0.25) is 11.8 Å². The molecule has 1 unspecified atom stereocenters. The molecule has 4 atom stereocenters. The molecule has 6 aliphatic heterocycles. The Balaban J connectivity index is 0.702. The number of hydrogen-bond acceptors (Lipinski definition) is 13. The summed E-state index contributed by atoms with van der Waals surface area (Å²) in [6, 6.07) is 13.0. The average molecular weight is 974 g/mol. The van der Waals surface area contributed by atoms with Crippen LogP contribution in [0.4, 0.5) is 23.0 Å². The molecule has 3 N–H and O–H groups in total. The minimum absolute atomic E-state index is 0.0835. The fourth-order valence-electron chi connectivity index (χ4n) is 13.0. The average Bonchev–Trinajstić information content (AvgIpc) is 3.95. The zero-order valence-corrected chi connectivity index (χ0v) is 41.1. The summed E-state index contributed by atoms with van der Waals surface area (Å²) in [5, 5.41) is 16.4. The molecule has 5 aromatic rings. The highest BCUT2D eigenvalue weighted by Gasteiger charge is 2.48. The lowest BCUT2D eigenvalue weighted by molar-refractivity contribution is -0.136. The predicted octanol–water partition coefficient (Wildman–Crippen LogP) is 4.17. The maximum Gasteiger partial charge on any atom is 0.276 e. The molecule has 4 aromatic heterocycles. The summed E-state index contributed by atoms with van der Waals surface area (Å²) in [5.41, 5.74) is 8.93. The van der Waals surface area contributed by atoms with Crippen molar-refractivity contribution in [1.29, 1.82) is 0 Å². The number of fused-ring (bicyclic) bond motifs is 7. The Hall–Kier alpha value is -7.02. The van der Waals surface area contributed by atoms with Crippen LogP contribution in [0, 0.1) is 5.41 Å². The summed E-state index contributed by atoms with van der Waals surface area (Å²) in [6.07, 6.45) is 9.92. The van der Waals surface area contributed by atoms with Crippen molar-refractivity contribution < 1.29 is 29.1 Å². The SMILES string of the molecule is C[C@H]1CN([C@@H]2CCN3Cc4ccc5c(c4C[C@@H]3C2)C(=O)N(C2CCC(=O)NC2=O)C5=O)CCN1c1ccc(Nc2cc(-c3ccnc(N4CCn5c(cc6c5CC(C)(C)C6)C4=O)c3CO)cn(C)c2=O)nc1. The van der Waals surface area contributed by atoms with Crippen LogP contribution in [0.3, 0.4) is 0 Å². The maximum atomic E-state index is 14.0. The number of piperidine rings is 2. The smallest absolute Gasteiger partial charge is 0.276 e. The van der Waals surface area contributed by atoms with Gasteiger partial charge in [-0.1, -0.05) is 19.9 Å². The standard InChI is InChI=1S/C54H59N11O7/c1-30-26-61(34-12-14-60-28-31-5-7-38-47(39(31)22-36(60)21-34)53(72)65(50(38)69)42-8-10-46(67)58-49(42)68)15-16-62(30)35-6-9-45(56-25-35)57-41-19-33(27-59(4)51(41)70)37-11-13-55-48(40(37)29-66)64-18-17-63-43(52(64)71)20-32-23-54(2,3)24-44(32)63/h5-7,9,11,13,19-20,25,27,30,34,36,42,66H,8,10,12,14-18,21-24,26,28-29H2,1-4H3,(H,56,57)(H,58,67,68)/t30-,34+,36-,42?/m0/s1. The Bertz CT molecular complexity index is 3200. The van der Waals surface area contributed by atoms with E-state index in [9.17, 15) is 33.9 Å². The molecule has 1 aliphatic carbocycles. The van der Waals surface area contributed by atoms with Gasteiger partial charge in [-0.25, -0.2) is 9.97 Å². The summed E-state index contributed by atoms with van der Waals surface area (Å²) < 4.78 is 3.66. The second kappa shape index (κ2) is 17.3. The van der Waals surface area contributed by atoms with E-state index in [1.165, 1.54) is 15.8 Å². The van der Waals surface area contributed by atoms with Crippen LogP contribution in [0.2, 0.25) is 0 Å². The molecule has 0 spiro atoms. The number of nitrogens with one attached hydrogen (secondary N) is 2. The molecule has 1 aromatic carbocycles. The molecule has 0 saturated carbocycles. The van der Waals surface area contributed by atoms with E-state index in [1.54, 1.807) is 42.5 Å². The predicted molar refractivity (Wildman–Crippen MR) is 268 cm³/mol. The molecule has 3 saturated heterocycles. The van der Waals surface area contributed by atoms with Gasteiger partial charge < -0.3 is 24.5 Å². The monoisotopic (exact) mass is 973 g/mol. The third kappa shape index (κ3) is 7.64. The lowest BCUT2D eigenvalue weighted by Gasteiger charge is -2.49. The number of aliphatic hydroxyl groups is 1. The van der Waals surface area contributed by atoms with Gasteiger partial charge >= 0.3 is 0 Å². The number of pyridine rings is 3. The van der Waals surface area contributed by atoms with E-state index in [-0.39, 0.29) is 48.4 Å². The van der Waals surface area contributed by atoms with Crippen LogP contribution in [-0.2, 0) is 55.6 Å². The minimum Gasteiger partial charge on any atom is -0.392 e. The number of benzene rings is 1. The summed E-state index contributed by atoms with van der Waals surface area (Å²) in [5.74, 6) is -1.12. The molecular formula is C54H59N11O7. The topological polar surface area (TPSA) is 199 Å². The quantitative estimate of drug-likeness (QED) is 0.188. The number of carbonyl (C=O) groups is 5. The molecule has 0 bridgehead atoms. The molecule has 12 rings (SSSR count). The van der Waals surface area contributed by atoms with Crippen LogP contribution in [0.25, 0.3) is 11.1 Å². The molecule has 3 fully saturated rings. The Kier molecular flexibility index (Phi) is 11.1. The van der Waals surface area contributed by atoms with Crippen molar-refractivity contribution in [1.82, 2.24) is 39.1 Å². The first-order valence-electron chi connectivity index (χ1n) is 25.3. The first-order chi connectivity index (χ1) is 34.6. The molecule has 7 aliphatic rings. The van der Waals surface area contributed by atoms with Gasteiger partial charge in [-0.2, -0.15) is 0 Å². The van der Waals surface area contributed by atoms with Crippen molar-refractivity contribution in [2.45, 2.75) is 110 Å². The number of aryl methyl sites for hydroxylation is 1. The van der Waals surface area contributed by atoms with Crippen LogP contribution >= 0.6 is 0 Å². The van der Waals surface area contributed by atoms with E-state index in [0.29, 0.717) is 82.9 Å². The third-order valence-corrected chi connectivity index (χ3v) is 16.5. The van der Waals surface area contributed by atoms with Gasteiger partial charge in [0.25, 0.3) is 23.3 Å². The highest BCUT2D eigenvalue weighted by Crippen LogP contribution is 2.42. The number of amides is 5. The Morgan fingerprint density at radius 1 is 0.847 bits per heavy atom. The summed E-state index contributed by atoms with van der Waals surface area (Å²) in [4.78, 5) is 99.3. The normalized spacial score (nSPS) is 24.0. The molecular weight excluding hydrogens is 915 g/mol. The van der Waals surface area contributed by atoms with Gasteiger partial charge in [-0.05, 0) is 110 Å². The van der Waals surface area contributed by atoms with Crippen molar-refractivity contribution >= 4 is 52.5 Å². The summed E-state index contributed by atoms with van der Waals surface area (Å²) >= 11 is 0. The van der Waals surface area contributed by atoms with E-state index >= 15 is 0 Å². The van der Waals surface area contributed by atoms with Crippen molar-refractivity contribution in [3.8, 4) is 11.1 Å². The van der Waals surface area contributed by atoms with Crippen LogP contribution in [-0.4, -0.2) is 125 Å². The first-order valence-corrected chi connectivity index (χ1v) is 25.3. The summed E-state index contributed by atoms with van der Waals surface area (Å²) in [6.45, 7) is 11.7. The minimum atomic E-state index is -0.991. The lowest BCUT2D eigenvalue weighted by Crippen LogP contribution is -2.59. The largest absolute Gasteiger partial charge is 0.392 e. The van der Waals surface area contributed by atoms with Gasteiger partial charge in [0.05, 0.1) is 29.6 Å². The second-order valence-electron chi connectivity index (χ2n) is 21.6. The number of imide groups is 2. The fourth-order valence-corrected chi connectivity index (χ4v) is 13.0. The number of hydrogen-bond donors (Lipinski definition) is 3. The van der Waals surface area contributed by atoms with Crippen LogP contribution in [0.15, 0.2) is 65.8 Å². The molecule has 18 heteroatoms. The zero-order chi connectivity index (χ0) is 49.9. The van der Waals surface area contributed by atoms with E-state index < -0.39 is 29.7 Å².